The maximum absolute atomic E-state index is 12.4. The van der Waals surface area contributed by atoms with Gasteiger partial charge in [-0.15, -0.1) is 0 Å². The van der Waals surface area contributed by atoms with Crippen LogP contribution in [0.5, 0.6) is 0 Å². The van der Waals surface area contributed by atoms with Crippen molar-refractivity contribution >= 4 is 17.7 Å². The largest absolute Gasteiger partial charge is 0.372 e. The minimum absolute atomic E-state index is 0.111. The fraction of sp³-hybridized carbons (Fsp3) is 0.688. The SMILES string of the molecule is CSc1nc(C)c(CCC(=O)N2C[C@H](C)O[C@@H](C)C2)c(C)n1. The molecule has 1 amide bonds. The standard InChI is InChI=1S/C16H25N3O2S/c1-10-8-19(9-11(2)21-10)15(20)7-6-14-12(3)17-16(22-5)18-13(14)4/h10-11H,6-9H2,1-5H3/t10-,11-/m0/s1. The predicted molar refractivity (Wildman–Crippen MR) is 88.2 cm³/mol. The van der Waals surface area contributed by atoms with E-state index in [1.165, 1.54) is 0 Å². The molecule has 1 aromatic rings. The van der Waals surface area contributed by atoms with Crippen molar-refractivity contribution in [2.24, 2.45) is 0 Å². The van der Waals surface area contributed by atoms with Gasteiger partial charge in [0.15, 0.2) is 5.16 Å². The number of morpholine rings is 1. The highest BCUT2D eigenvalue weighted by Gasteiger charge is 2.25. The molecule has 1 saturated heterocycles. The van der Waals surface area contributed by atoms with Gasteiger partial charge >= 0.3 is 0 Å². The molecule has 0 saturated carbocycles. The maximum Gasteiger partial charge on any atom is 0.223 e. The average Bonchev–Trinajstić information content (AvgIpc) is 2.44. The molecule has 0 bridgehead atoms. The van der Waals surface area contributed by atoms with E-state index in [1.54, 1.807) is 11.8 Å². The molecule has 6 heteroatoms. The molecule has 122 valence electrons. The number of aromatic nitrogens is 2. The summed E-state index contributed by atoms with van der Waals surface area (Å²) in [6, 6.07) is 0. The Balaban J connectivity index is 1.99. The molecule has 0 unspecified atom stereocenters. The highest BCUT2D eigenvalue weighted by Crippen LogP contribution is 2.18. The lowest BCUT2D eigenvalue weighted by atomic mass is 10.1. The molecular weight excluding hydrogens is 298 g/mol. The van der Waals surface area contributed by atoms with Gasteiger partial charge < -0.3 is 9.64 Å². The minimum atomic E-state index is 0.111. The summed E-state index contributed by atoms with van der Waals surface area (Å²) in [5.41, 5.74) is 3.06. The number of hydrogen-bond acceptors (Lipinski definition) is 5. The van der Waals surface area contributed by atoms with Crippen LogP contribution in [-0.4, -0.2) is 52.3 Å². The Kier molecular flexibility index (Phi) is 5.81. The fourth-order valence-corrected chi connectivity index (χ4v) is 3.39. The maximum atomic E-state index is 12.4. The van der Waals surface area contributed by atoms with Crippen LogP contribution in [0.2, 0.25) is 0 Å². The van der Waals surface area contributed by atoms with Crippen molar-refractivity contribution in [2.75, 3.05) is 19.3 Å². The summed E-state index contributed by atoms with van der Waals surface area (Å²) in [5, 5.41) is 0.793. The Hall–Kier alpha value is -1.14. The van der Waals surface area contributed by atoms with Crippen molar-refractivity contribution in [3.63, 3.8) is 0 Å². The van der Waals surface area contributed by atoms with Crippen LogP contribution in [-0.2, 0) is 16.0 Å². The van der Waals surface area contributed by atoms with Gasteiger partial charge in [0.05, 0.1) is 12.2 Å². The lowest BCUT2D eigenvalue weighted by Crippen LogP contribution is -2.48. The van der Waals surface area contributed by atoms with Crippen LogP contribution >= 0.6 is 11.8 Å². The van der Waals surface area contributed by atoms with Gasteiger partial charge in [-0.2, -0.15) is 0 Å². The van der Waals surface area contributed by atoms with E-state index in [-0.39, 0.29) is 18.1 Å². The van der Waals surface area contributed by atoms with Crippen molar-refractivity contribution in [3.05, 3.63) is 17.0 Å². The third-order valence-electron chi connectivity index (χ3n) is 3.94. The number of carbonyl (C=O) groups is 1. The van der Waals surface area contributed by atoms with Crippen LogP contribution in [0.3, 0.4) is 0 Å². The van der Waals surface area contributed by atoms with E-state index in [0.717, 1.165) is 22.1 Å². The Bertz CT molecular complexity index is 517. The molecule has 0 spiro atoms. The van der Waals surface area contributed by atoms with Gasteiger partial charge in [0, 0.05) is 30.9 Å². The Morgan fingerprint density at radius 2 is 1.77 bits per heavy atom. The molecule has 1 aromatic heterocycles. The molecule has 2 atom stereocenters. The van der Waals surface area contributed by atoms with Gasteiger partial charge in [0.1, 0.15) is 0 Å². The average molecular weight is 323 g/mol. The number of nitrogens with zero attached hydrogens (tertiary/aromatic N) is 3. The van der Waals surface area contributed by atoms with Crippen LogP contribution in [0.4, 0.5) is 0 Å². The number of aryl methyl sites for hydroxylation is 2. The Labute approximate surface area is 136 Å². The summed E-state index contributed by atoms with van der Waals surface area (Å²) in [5.74, 6) is 0.190. The van der Waals surface area contributed by atoms with Crippen LogP contribution in [0, 0.1) is 13.8 Å². The number of ether oxygens (including phenoxy) is 1. The first kappa shape index (κ1) is 17.2. The first-order valence-corrected chi connectivity index (χ1v) is 8.94. The second-order valence-electron chi connectivity index (χ2n) is 5.92. The molecule has 1 fully saturated rings. The van der Waals surface area contributed by atoms with Crippen molar-refractivity contribution in [3.8, 4) is 0 Å². The summed E-state index contributed by atoms with van der Waals surface area (Å²) in [6.45, 7) is 9.38. The van der Waals surface area contributed by atoms with Gasteiger partial charge in [0.2, 0.25) is 5.91 Å². The van der Waals surface area contributed by atoms with E-state index >= 15 is 0 Å². The molecule has 0 N–H and O–H groups in total. The second kappa shape index (κ2) is 7.42. The third-order valence-corrected chi connectivity index (χ3v) is 4.49. The number of hydrogen-bond donors (Lipinski definition) is 0. The summed E-state index contributed by atoms with van der Waals surface area (Å²) >= 11 is 1.54. The first-order chi connectivity index (χ1) is 10.4. The van der Waals surface area contributed by atoms with E-state index in [2.05, 4.69) is 9.97 Å². The van der Waals surface area contributed by atoms with Gasteiger partial charge in [-0.3, -0.25) is 4.79 Å². The zero-order valence-electron chi connectivity index (χ0n) is 14.0. The molecule has 0 aromatic carbocycles. The zero-order valence-corrected chi connectivity index (χ0v) is 14.9. The highest BCUT2D eigenvalue weighted by molar-refractivity contribution is 7.98. The number of amides is 1. The van der Waals surface area contributed by atoms with Gasteiger partial charge in [-0.25, -0.2) is 9.97 Å². The topological polar surface area (TPSA) is 55.3 Å². The Morgan fingerprint density at radius 3 is 2.27 bits per heavy atom. The summed E-state index contributed by atoms with van der Waals surface area (Å²) in [7, 11) is 0. The summed E-state index contributed by atoms with van der Waals surface area (Å²) in [4.78, 5) is 23.3. The van der Waals surface area contributed by atoms with Crippen LogP contribution in [0.15, 0.2) is 5.16 Å². The first-order valence-electron chi connectivity index (χ1n) is 7.72. The van der Waals surface area contributed by atoms with E-state index in [0.29, 0.717) is 25.9 Å². The molecule has 0 radical (unpaired) electrons. The molecule has 1 aliphatic heterocycles. The summed E-state index contributed by atoms with van der Waals surface area (Å²) in [6.07, 6.45) is 3.40. The lowest BCUT2D eigenvalue weighted by molar-refractivity contribution is -0.143. The van der Waals surface area contributed by atoms with E-state index in [9.17, 15) is 4.79 Å². The molecular formula is C16H25N3O2S. The predicted octanol–water partition coefficient (Wildman–Crippen LogP) is 2.38. The van der Waals surface area contributed by atoms with Crippen LogP contribution in [0.1, 0.15) is 37.2 Å². The number of carbonyl (C=O) groups excluding carboxylic acids is 1. The van der Waals surface area contributed by atoms with E-state index in [4.69, 9.17) is 4.74 Å². The number of thioether (sulfide) groups is 1. The highest BCUT2D eigenvalue weighted by atomic mass is 32.2. The van der Waals surface area contributed by atoms with Crippen molar-refractivity contribution in [1.29, 1.82) is 0 Å². The van der Waals surface area contributed by atoms with Crippen LogP contribution < -0.4 is 0 Å². The number of rotatable bonds is 4. The molecule has 1 aliphatic rings. The fourth-order valence-electron chi connectivity index (χ4n) is 2.93. The molecule has 2 rings (SSSR count). The third kappa shape index (κ3) is 4.20. The van der Waals surface area contributed by atoms with E-state index < -0.39 is 0 Å². The van der Waals surface area contributed by atoms with Gasteiger partial charge in [0.25, 0.3) is 0 Å². The summed E-state index contributed by atoms with van der Waals surface area (Å²) < 4.78 is 5.68. The van der Waals surface area contributed by atoms with E-state index in [1.807, 2.05) is 38.9 Å². The van der Waals surface area contributed by atoms with Crippen molar-refractivity contribution in [2.45, 2.75) is 57.9 Å². The van der Waals surface area contributed by atoms with Crippen molar-refractivity contribution < 1.29 is 9.53 Å². The second-order valence-corrected chi connectivity index (χ2v) is 6.69. The normalized spacial score (nSPS) is 22.0. The lowest BCUT2D eigenvalue weighted by Gasteiger charge is -2.35. The van der Waals surface area contributed by atoms with Crippen molar-refractivity contribution in [1.82, 2.24) is 14.9 Å². The molecule has 0 aliphatic carbocycles. The van der Waals surface area contributed by atoms with Crippen LogP contribution in [0.25, 0.3) is 0 Å². The zero-order chi connectivity index (χ0) is 16.3. The minimum Gasteiger partial charge on any atom is -0.372 e. The quantitative estimate of drug-likeness (QED) is 0.629. The molecule has 5 nitrogen and oxygen atoms in total. The molecule has 22 heavy (non-hydrogen) atoms. The van der Waals surface area contributed by atoms with Gasteiger partial charge in [-0.05, 0) is 45.9 Å². The Morgan fingerprint density at radius 1 is 1.23 bits per heavy atom. The monoisotopic (exact) mass is 323 g/mol. The van der Waals surface area contributed by atoms with Gasteiger partial charge in [-0.1, -0.05) is 11.8 Å². The smallest absolute Gasteiger partial charge is 0.223 e. The molecule has 2 heterocycles.